The Morgan fingerprint density at radius 1 is 1.15 bits per heavy atom. The van der Waals surface area contributed by atoms with Crippen LogP contribution in [0.3, 0.4) is 0 Å². The van der Waals surface area contributed by atoms with E-state index < -0.39 is 40.0 Å². The van der Waals surface area contributed by atoms with Crippen molar-refractivity contribution in [3.05, 3.63) is 45.0 Å². The van der Waals surface area contributed by atoms with Gasteiger partial charge < -0.3 is 10.2 Å². The first kappa shape index (κ1) is 17.4. The van der Waals surface area contributed by atoms with Crippen LogP contribution in [0.1, 0.15) is 47.8 Å². The summed E-state index contributed by atoms with van der Waals surface area (Å²) in [5.74, 6) is -1.92. The predicted octanol–water partition coefficient (Wildman–Crippen LogP) is 3.75. The van der Waals surface area contributed by atoms with E-state index in [1.54, 1.807) is 0 Å². The number of carbonyl (C=O) groups excluding carboxylic acids is 1. The van der Waals surface area contributed by atoms with Crippen LogP contribution in [0.25, 0.3) is 5.69 Å². The van der Waals surface area contributed by atoms with E-state index in [9.17, 15) is 38.3 Å². The summed E-state index contributed by atoms with van der Waals surface area (Å²) in [6.45, 7) is 0. The van der Waals surface area contributed by atoms with E-state index in [4.69, 9.17) is 0 Å². The van der Waals surface area contributed by atoms with Crippen molar-refractivity contribution < 1.29 is 33.1 Å². The minimum absolute atomic E-state index is 0.0779. The lowest BCUT2D eigenvalue weighted by Gasteiger charge is -2.34. The number of hydrogen-bond donors (Lipinski definition) is 2. The molecule has 2 unspecified atom stereocenters. The molecule has 1 aromatic heterocycles. The second kappa shape index (κ2) is 5.48. The number of ketones is 1. The molecule has 0 radical (unpaired) electrons. The Hall–Kier alpha value is -3.04. The Morgan fingerprint density at radius 3 is 2.41 bits per heavy atom. The standard InChI is InChI=1S/C17H13F3N2O5/c18-17(19,20)10-6-8(2-4-11(10)22(26)27)21-15(24)13-7-1-3-9(12(23)5-7)14(13)16(21)25/h2,4,6-7,9,24-25H,1,3,5H2. The molecule has 3 aliphatic rings. The lowest BCUT2D eigenvalue weighted by Crippen LogP contribution is -2.28. The first-order chi connectivity index (χ1) is 12.6. The number of nitrogens with zero attached hydrogens (tertiary/aromatic N) is 2. The quantitative estimate of drug-likeness (QED) is 0.608. The van der Waals surface area contributed by atoms with Crippen LogP contribution in [0.5, 0.6) is 11.8 Å². The van der Waals surface area contributed by atoms with Crippen LogP contribution in [-0.2, 0) is 11.0 Å². The number of hydrogen-bond acceptors (Lipinski definition) is 5. The number of carbonyl (C=O) groups is 1. The van der Waals surface area contributed by atoms with E-state index >= 15 is 0 Å². The molecule has 142 valence electrons. The van der Waals surface area contributed by atoms with E-state index in [-0.39, 0.29) is 29.4 Å². The summed E-state index contributed by atoms with van der Waals surface area (Å²) in [6.07, 6.45) is -3.65. The zero-order valence-corrected chi connectivity index (χ0v) is 13.7. The second-order valence-electron chi connectivity index (χ2n) is 6.76. The third kappa shape index (κ3) is 2.39. The van der Waals surface area contributed by atoms with Crippen molar-refractivity contribution in [1.82, 2.24) is 4.57 Å². The number of aromatic nitrogens is 1. The van der Waals surface area contributed by atoms with E-state index in [1.165, 1.54) is 0 Å². The fourth-order valence-electron chi connectivity index (χ4n) is 4.19. The molecule has 0 amide bonds. The summed E-state index contributed by atoms with van der Waals surface area (Å²) in [5.41, 5.74) is -2.28. The number of nitro benzene ring substituents is 1. The van der Waals surface area contributed by atoms with Crippen LogP contribution in [0.2, 0.25) is 0 Å². The third-order valence-corrected chi connectivity index (χ3v) is 5.33. The number of alkyl halides is 3. The Labute approximate surface area is 149 Å². The van der Waals surface area contributed by atoms with Crippen LogP contribution < -0.4 is 0 Å². The first-order valence-electron chi connectivity index (χ1n) is 8.16. The number of rotatable bonds is 2. The summed E-state index contributed by atoms with van der Waals surface area (Å²) >= 11 is 0. The molecule has 1 heterocycles. The van der Waals surface area contributed by atoms with Gasteiger partial charge in [0.2, 0.25) is 11.8 Å². The highest BCUT2D eigenvalue weighted by Gasteiger charge is 2.45. The highest BCUT2D eigenvalue weighted by molar-refractivity contribution is 5.91. The lowest BCUT2D eigenvalue weighted by atomic mass is 9.67. The van der Waals surface area contributed by atoms with Crippen molar-refractivity contribution in [2.45, 2.75) is 37.3 Å². The van der Waals surface area contributed by atoms with Crippen molar-refractivity contribution in [3.8, 4) is 17.4 Å². The van der Waals surface area contributed by atoms with Crippen LogP contribution in [0.4, 0.5) is 18.9 Å². The molecule has 27 heavy (non-hydrogen) atoms. The van der Waals surface area contributed by atoms with Gasteiger partial charge in [-0.1, -0.05) is 0 Å². The Kier molecular flexibility index (Phi) is 3.53. The SMILES string of the molecule is O=C1CC2CCC1c1c2c(O)n(-c2ccc([N+](=O)[O-])c(C(F)(F)F)c2)c1O. The molecular weight excluding hydrogens is 369 g/mol. The summed E-state index contributed by atoms with van der Waals surface area (Å²) in [7, 11) is 0. The van der Waals surface area contributed by atoms with Crippen LogP contribution in [0, 0.1) is 10.1 Å². The zero-order chi connectivity index (χ0) is 19.7. The van der Waals surface area contributed by atoms with Gasteiger partial charge in [0.25, 0.3) is 5.69 Å². The molecule has 2 aromatic rings. The van der Waals surface area contributed by atoms with E-state index in [2.05, 4.69) is 0 Å². The normalized spacial score (nSPS) is 21.4. The average molecular weight is 382 g/mol. The fourth-order valence-corrected chi connectivity index (χ4v) is 4.19. The van der Waals surface area contributed by atoms with Crippen molar-refractivity contribution in [1.29, 1.82) is 0 Å². The molecule has 0 aliphatic heterocycles. The molecular formula is C17H13F3N2O5. The second-order valence-corrected chi connectivity index (χ2v) is 6.76. The molecule has 10 heteroatoms. The van der Waals surface area contributed by atoms with Gasteiger partial charge in [0.15, 0.2) is 0 Å². The maximum Gasteiger partial charge on any atom is 0.423 e. The molecule has 1 fully saturated rings. The Bertz CT molecular complexity index is 995. The molecule has 7 nitrogen and oxygen atoms in total. The molecule has 2 bridgehead atoms. The number of halogens is 3. The summed E-state index contributed by atoms with van der Waals surface area (Å²) in [6, 6.07) is 2.20. The molecule has 3 aliphatic carbocycles. The molecule has 5 rings (SSSR count). The first-order valence-corrected chi connectivity index (χ1v) is 8.16. The number of aromatic hydroxyl groups is 2. The van der Waals surface area contributed by atoms with E-state index in [0.29, 0.717) is 30.5 Å². The van der Waals surface area contributed by atoms with Gasteiger partial charge in [-0.15, -0.1) is 0 Å². The van der Waals surface area contributed by atoms with Gasteiger partial charge in [0.05, 0.1) is 10.6 Å². The van der Waals surface area contributed by atoms with Gasteiger partial charge >= 0.3 is 6.18 Å². The maximum atomic E-state index is 13.2. The monoisotopic (exact) mass is 382 g/mol. The molecule has 0 spiro atoms. The van der Waals surface area contributed by atoms with Gasteiger partial charge in [-0.2, -0.15) is 13.2 Å². The molecule has 1 saturated carbocycles. The third-order valence-electron chi connectivity index (χ3n) is 5.33. The summed E-state index contributed by atoms with van der Waals surface area (Å²) in [4.78, 5) is 21.9. The maximum absolute atomic E-state index is 13.2. The largest absolute Gasteiger partial charge is 0.494 e. The fraction of sp³-hybridized carbons (Fsp3) is 0.353. The topological polar surface area (TPSA) is 106 Å². The summed E-state index contributed by atoms with van der Waals surface area (Å²) in [5, 5.41) is 32.0. The van der Waals surface area contributed by atoms with Crippen LogP contribution in [-0.4, -0.2) is 25.5 Å². The van der Waals surface area contributed by atoms with Crippen molar-refractivity contribution >= 4 is 11.5 Å². The van der Waals surface area contributed by atoms with Gasteiger partial charge in [-0.25, -0.2) is 0 Å². The minimum Gasteiger partial charge on any atom is -0.494 e. The van der Waals surface area contributed by atoms with Gasteiger partial charge in [-0.05, 0) is 30.9 Å². The minimum atomic E-state index is -4.99. The average Bonchev–Trinajstić information content (AvgIpc) is 2.87. The number of benzene rings is 1. The van der Waals surface area contributed by atoms with Crippen molar-refractivity contribution in [3.63, 3.8) is 0 Å². The van der Waals surface area contributed by atoms with Crippen molar-refractivity contribution in [2.75, 3.05) is 0 Å². The zero-order valence-electron chi connectivity index (χ0n) is 13.7. The number of nitro groups is 1. The van der Waals surface area contributed by atoms with Crippen LogP contribution >= 0.6 is 0 Å². The lowest BCUT2D eigenvalue weighted by molar-refractivity contribution is -0.388. The predicted molar refractivity (Wildman–Crippen MR) is 85.1 cm³/mol. The summed E-state index contributed by atoms with van der Waals surface area (Å²) < 4.78 is 40.5. The van der Waals surface area contributed by atoms with Gasteiger partial charge in [0.1, 0.15) is 11.3 Å². The van der Waals surface area contributed by atoms with E-state index in [1.807, 2.05) is 0 Å². The van der Waals surface area contributed by atoms with Gasteiger partial charge in [-0.3, -0.25) is 19.5 Å². The number of Topliss-reactive ketones (excluding diaryl/α,β-unsaturated/α-hetero) is 1. The Balaban J connectivity index is 1.94. The van der Waals surface area contributed by atoms with Crippen molar-refractivity contribution in [2.24, 2.45) is 0 Å². The molecule has 1 aromatic carbocycles. The number of fused-ring (bicyclic) bond motifs is 2. The van der Waals surface area contributed by atoms with Gasteiger partial charge in [0, 0.05) is 29.5 Å². The Morgan fingerprint density at radius 2 is 1.81 bits per heavy atom. The molecule has 0 saturated heterocycles. The van der Waals surface area contributed by atoms with Crippen LogP contribution in [0.15, 0.2) is 18.2 Å². The molecule has 2 atom stereocenters. The highest BCUT2D eigenvalue weighted by Crippen LogP contribution is 2.56. The van der Waals surface area contributed by atoms with E-state index in [0.717, 1.165) is 10.6 Å². The molecule has 2 N–H and O–H groups in total. The highest BCUT2D eigenvalue weighted by atomic mass is 19.4. The smallest absolute Gasteiger partial charge is 0.423 e.